The van der Waals surface area contributed by atoms with Crippen LogP contribution in [-0.4, -0.2) is 9.13 Å². The first kappa shape index (κ1) is 16.8. The lowest BCUT2D eigenvalue weighted by molar-refractivity contribution is 0.478. The van der Waals surface area contributed by atoms with Crippen molar-refractivity contribution in [1.29, 1.82) is 0 Å². The minimum Gasteiger partial charge on any atom is -0.467 e. The van der Waals surface area contributed by atoms with Crippen LogP contribution in [0, 0.1) is 5.82 Å². The Morgan fingerprint density at radius 1 is 1.08 bits per heavy atom. The van der Waals surface area contributed by atoms with E-state index in [9.17, 15) is 14.0 Å². The standard InChI is InChI=1S/C18H12ClFN2O3S/c19-13-4-1-5-14(20)12(13)10-21-15-6-8-26-16(15)17(23)22(18(21)24)9-11-3-2-7-25-11/h1-8H,9-10H2. The first-order valence-electron chi connectivity index (χ1n) is 7.72. The molecule has 0 bridgehead atoms. The van der Waals surface area contributed by atoms with Gasteiger partial charge in [-0.15, -0.1) is 11.3 Å². The smallest absolute Gasteiger partial charge is 0.332 e. The van der Waals surface area contributed by atoms with E-state index < -0.39 is 17.1 Å². The molecule has 0 N–H and O–H groups in total. The van der Waals surface area contributed by atoms with Crippen molar-refractivity contribution in [2.75, 3.05) is 0 Å². The van der Waals surface area contributed by atoms with E-state index in [4.69, 9.17) is 16.0 Å². The summed E-state index contributed by atoms with van der Waals surface area (Å²) in [6.07, 6.45) is 1.47. The van der Waals surface area contributed by atoms with Crippen LogP contribution in [0.1, 0.15) is 11.3 Å². The van der Waals surface area contributed by atoms with Crippen molar-refractivity contribution >= 4 is 33.2 Å². The number of hydrogen-bond donors (Lipinski definition) is 0. The van der Waals surface area contributed by atoms with Gasteiger partial charge >= 0.3 is 5.69 Å². The highest BCUT2D eigenvalue weighted by Gasteiger charge is 2.17. The van der Waals surface area contributed by atoms with Crippen molar-refractivity contribution < 1.29 is 8.81 Å². The Balaban J connectivity index is 1.93. The van der Waals surface area contributed by atoms with Gasteiger partial charge < -0.3 is 4.42 Å². The van der Waals surface area contributed by atoms with Crippen molar-refractivity contribution in [2.24, 2.45) is 0 Å². The lowest BCUT2D eigenvalue weighted by Gasteiger charge is -2.13. The maximum atomic E-state index is 14.2. The van der Waals surface area contributed by atoms with Crippen molar-refractivity contribution in [2.45, 2.75) is 13.1 Å². The molecule has 3 heterocycles. The highest BCUT2D eigenvalue weighted by Crippen LogP contribution is 2.22. The Morgan fingerprint density at radius 3 is 2.65 bits per heavy atom. The highest BCUT2D eigenvalue weighted by molar-refractivity contribution is 7.17. The van der Waals surface area contributed by atoms with E-state index in [0.717, 1.165) is 4.57 Å². The van der Waals surface area contributed by atoms with Gasteiger partial charge in [0.25, 0.3) is 5.56 Å². The molecule has 0 unspecified atom stereocenters. The van der Waals surface area contributed by atoms with Crippen LogP contribution in [0.4, 0.5) is 4.39 Å². The molecule has 0 radical (unpaired) electrons. The largest absolute Gasteiger partial charge is 0.467 e. The van der Waals surface area contributed by atoms with Gasteiger partial charge in [-0.25, -0.2) is 9.18 Å². The number of thiophene rings is 1. The molecule has 5 nitrogen and oxygen atoms in total. The molecule has 0 spiro atoms. The summed E-state index contributed by atoms with van der Waals surface area (Å²) in [5.74, 6) is -0.0212. The Bertz CT molecular complexity index is 1190. The molecule has 0 atom stereocenters. The van der Waals surface area contributed by atoms with Gasteiger partial charge in [0.15, 0.2) is 0 Å². The van der Waals surface area contributed by atoms with Crippen molar-refractivity contribution in [3.63, 3.8) is 0 Å². The fourth-order valence-electron chi connectivity index (χ4n) is 2.83. The minimum absolute atomic E-state index is 0.00348. The lowest BCUT2D eigenvalue weighted by atomic mass is 10.2. The monoisotopic (exact) mass is 390 g/mol. The molecule has 0 fully saturated rings. The van der Waals surface area contributed by atoms with E-state index in [0.29, 0.717) is 16.0 Å². The molecule has 0 amide bonds. The van der Waals surface area contributed by atoms with Crippen LogP contribution in [0.15, 0.2) is 62.0 Å². The van der Waals surface area contributed by atoms with Gasteiger partial charge in [-0.2, -0.15) is 0 Å². The van der Waals surface area contributed by atoms with Crippen LogP contribution >= 0.6 is 22.9 Å². The van der Waals surface area contributed by atoms with E-state index >= 15 is 0 Å². The molecule has 4 rings (SSSR count). The second-order valence-electron chi connectivity index (χ2n) is 5.67. The van der Waals surface area contributed by atoms with Gasteiger partial charge in [0.05, 0.1) is 24.9 Å². The van der Waals surface area contributed by atoms with Crippen LogP contribution in [-0.2, 0) is 13.1 Å². The number of benzene rings is 1. The Hall–Kier alpha value is -2.64. The third-order valence-electron chi connectivity index (χ3n) is 4.11. The number of rotatable bonds is 4. The van der Waals surface area contributed by atoms with E-state index in [-0.39, 0.29) is 23.7 Å². The normalized spacial score (nSPS) is 11.3. The zero-order valence-corrected chi connectivity index (χ0v) is 14.9. The van der Waals surface area contributed by atoms with Gasteiger partial charge in [-0.1, -0.05) is 17.7 Å². The average Bonchev–Trinajstić information content (AvgIpc) is 3.29. The molecule has 1 aromatic carbocycles. The van der Waals surface area contributed by atoms with E-state index in [2.05, 4.69) is 0 Å². The van der Waals surface area contributed by atoms with Crippen LogP contribution in [0.3, 0.4) is 0 Å². The summed E-state index contributed by atoms with van der Waals surface area (Å²) in [5.41, 5.74) is -0.282. The van der Waals surface area contributed by atoms with E-state index in [1.54, 1.807) is 29.6 Å². The summed E-state index contributed by atoms with van der Waals surface area (Å²) in [6, 6.07) is 9.39. The zero-order chi connectivity index (χ0) is 18.3. The first-order valence-corrected chi connectivity index (χ1v) is 8.98. The predicted octanol–water partition coefficient (Wildman–Crippen LogP) is 3.71. The first-order chi connectivity index (χ1) is 12.6. The molecule has 3 aromatic heterocycles. The summed E-state index contributed by atoms with van der Waals surface area (Å²) in [6.45, 7) is -0.0699. The number of fused-ring (bicyclic) bond motifs is 1. The Morgan fingerprint density at radius 2 is 1.92 bits per heavy atom. The molecular weight excluding hydrogens is 379 g/mol. The molecule has 132 valence electrons. The van der Waals surface area contributed by atoms with Crippen LogP contribution in [0.25, 0.3) is 10.2 Å². The predicted molar refractivity (Wildman–Crippen MR) is 98.7 cm³/mol. The maximum absolute atomic E-state index is 14.2. The van der Waals surface area contributed by atoms with Crippen molar-refractivity contribution in [1.82, 2.24) is 9.13 Å². The molecule has 26 heavy (non-hydrogen) atoms. The summed E-state index contributed by atoms with van der Waals surface area (Å²) >= 11 is 7.34. The molecule has 0 aliphatic carbocycles. The SMILES string of the molecule is O=c1c2sccc2n(Cc2c(F)cccc2Cl)c(=O)n1Cc1ccco1. The Labute approximate surface area is 155 Å². The molecule has 8 heteroatoms. The van der Waals surface area contributed by atoms with Gasteiger partial charge in [-0.3, -0.25) is 13.9 Å². The lowest BCUT2D eigenvalue weighted by Crippen LogP contribution is -2.40. The zero-order valence-electron chi connectivity index (χ0n) is 13.3. The minimum atomic E-state index is -0.545. The number of furan rings is 1. The van der Waals surface area contributed by atoms with Crippen LogP contribution < -0.4 is 11.2 Å². The molecular formula is C18H12ClFN2O3S. The summed E-state index contributed by atoms with van der Waals surface area (Å²) < 4.78 is 22.3. The number of aromatic nitrogens is 2. The summed E-state index contributed by atoms with van der Waals surface area (Å²) in [7, 11) is 0. The molecule has 4 aromatic rings. The molecule has 0 saturated heterocycles. The fourth-order valence-corrected chi connectivity index (χ4v) is 3.89. The highest BCUT2D eigenvalue weighted by atomic mass is 35.5. The van der Waals surface area contributed by atoms with Crippen molar-refractivity contribution in [3.8, 4) is 0 Å². The Kier molecular flexibility index (Phi) is 4.26. The van der Waals surface area contributed by atoms with E-state index in [1.165, 1.54) is 34.3 Å². The second-order valence-corrected chi connectivity index (χ2v) is 7.00. The summed E-state index contributed by atoms with van der Waals surface area (Å²) in [5, 5.41) is 1.95. The quantitative estimate of drug-likeness (QED) is 0.533. The molecule has 0 aliphatic rings. The topological polar surface area (TPSA) is 57.1 Å². The molecule has 0 saturated carbocycles. The summed E-state index contributed by atoms with van der Waals surface area (Å²) in [4.78, 5) is 25.7. The van der Waals surface area contributed by atoms with Gasteiger partial charge in [0.2, 0.25) is 0 Å². The number of halogens is 2. The fraction of sp³-hybridized carbons (Fsp3) is 0.111. The average molecular weight is 391 g/mol. The van der Waals surface area contributed by atoms with Gasteiger partial charge in [0, 0.05) is 10.6 Å². The van der Waals surface area contributed by atoms with Crippen molar-refractivity contribution in [3.05, 3.63) is 91.0 Å². The van der Waals surface area contributed by atoms with E-state index in [1.807, 2.05) is 0 Å². The molecule has 0 aliphatic heterocycles. The second kappa shape index (κ2) is 6.59. The number of hydrogen-bond acceptors (Lipinski definition) is 4. The third kappa shape index (κ3) is 2.79. The van der Waals surface area contributed by atoms with Crippen LogP contribution in [0.5, 0.6) is 0 Å². The number of nitrogens with zero attached hydrogens (tertiary/aromatic N) is 2. The third-order valence-corrected chi connectivity index (χ3v) is 5.35. The van der Waals surface area contributed by atoms with Gasteiger partial charge in [0.1, 0.15) is 16.3 Å². The van der Waals surface area contributed by atoms with Gasteiger partial charge in [-0.05, 0) is 35.7 Å². The maximum Gasteiger partial charge on any atom is 0.332 e. The van der Waals surface area contributed by atoms with Crippen LogP contribution in [0.2, 0.25) is 5.02 Å².